The number of hydrogen-bond donors (Lipinski definition) is 0. The molecule has 0 spiro atoms. The van der Waals surface area contributed by atoms with Gasteiger partial charge in [-0.3, -0.25) is 4.52 Å². The van der Waals surface area contributed by atoms with E-state index in [2.05, 4.69) is 31.4 Å². The topological polar surface area (TPSA) is 96.2 Å². The van der Waals surface area contributed by atoms with Gasteiger partial charge in [-0.1, -0.05) is 10.3 Å². The van der Waals surface area contributed by atoms with Crippen LogP contribution in [0.25, 0.3) is 17.2 Å². The molecule has 0 radical (unpaired) electrons. The van der Waals surface area contributed by atoms with Crippen molar-refractivity contribution in [1.29, 1.82) is 0 Å². The highest BCUT2D eigenvalue weighted by Gasteiger charge is 2.22. The normalized spacial score (nSPS) is 11.2. The molecule has 1 aromatic carbocycles. The number of ether oxygens (including phenoxy) is 1. The molecule has 2 aromatic heterocycles. The van der Waals surface area contributed by atoms with Gasteiger partial charge < -0.3 is 4.74 Å². The van der Waals surface area contributed by atoms with Crippen LogP contribution in [-0.4, -0.2) is 33.8 Å². The zero-order valence-corrected chi connectivity index (χ0v) is 14.8. The van der Waals surface area contributed by atoms with Crippen molar-refractivity contribution in [3.63, 3.8) is 0 Å². The molecule has 0 aliphatic carbocycles. The van der Waals surface area contributed by atoms with E-state index >= 15 is 0 Å². The van der Waals surface area contributed by atoms with Crippen molar-refractivity contribution in [3.05, 3.63) is 44.7 Å². The van der Waals surface area contributed by atoms with Crippen molar-refractivity contribution in [2.24, 2.45) is 0 Å². The Bertz CT molecular complexity index is 920. The number of halogens is 2. The molecule has 0 N–H and O–H groups in total. The fraction of sp³-hybridized carbons (Fsp3) is 0.333. The predicted molar refractivity (Wildman–Crippen MR) is 87.9 cm³/mol. The van der Waals surface area contributed by atoms with Crippen molar-refractivity contribution in [3.8, 4) is 17.2 Å². The molecule has 0 saturated heterocycles. The van der Waals surface area contributed by atoms with Crippen molar-refractivity contribution in [2.45, 2.75) is 19.3 Å². The highest BCUT2D eigenvalue weighted by molar-refractivity contribution is 9.10. The summed E-state index contributed by atoms with van der Waals surface area (Å²) < 4.78 is 29.4. The lowest BCUT2D eigenvalue weighted by Gasteiger charge is -2.04. The molecule has 2 heterocycles. The van der Waals surface area contributed by atoms with Gasteiger partial charge in [-0.2, -0.15) is 0 Å². The van der Waals surface area contributed by atoms with Gasteiger partial charge in [0.1, 0.15) is 11.5 Å². The molecule has 0 unspecified atom stereocenters. The molecule has 8 nitrogen and oxygen atoms in total. The number of aryl methyl sites for hydroxylation is 1. The van der Waals surface area contributed by atoms with Gasteiger partial charge in [0.05, 0.1) is 10.2 Å². The Morgan fingerprint density at radius 1 is 1.28 bits per heavy atom. The second-order valence-electron chi connectivity index (χ2n) is 5.22. The van der Waals surface area contributed by atoms with E-state index in [-0.39, 0.29) is 10.3 Å². The van der Waals surface area contributed by atoms with Crippen LogP contribution < -0.4 is 5.76 Å². The molecule has 0 aliphatic rings. The standard InChI is InChI=1S/C15H14BrFN4O4/c1-23-7-3-2-4-12-13(19-25-18-12)14-20-24-15(22)21(14)9-5-6-11(17)10(16)8-9/h5-6,8H,2-4,7H2,1H3. The summed E-state index contributed by atoms with van der Waals surface area (Å²) in [6.07, 6.45) is 2.23. The highest BCUT2D eigenvalue weighted by atomic mass is 79.9. The number of benzene rings is 1. The lowest BCUT2D eigenvalue weighted by Crippen LogP contribution is -2.14. The maximum atomic E-state index is 13.5. The summed E-state index contributed by atoms with van der Waals surface area (Å²) in [5, 5.41) is 11.5. The number of rotatable bonds is 7. The Kier molecular flexibility index (Phi) is 5.39. The Labute approximate surface area is 149 Å². The van der Waals surface area contributed by atoms with Gasteiger partial charge in [0.15, 0.2) is 5.69 Å². The molecule has 132 valence electrons. The summed E-state index contributed by atoms with van der Waals surface area (Å²) in [5.41, 5.74) is 1.24. The van der Waals surface area contributed by atoms with Gasteiger partial charge in [0, 0.05) is 13.7 Å². The minimum absolute atomic E-state index is 0.145. The van der Waals surface area contributed by atoms with Crippen molar-refractivity contribution in [1.82, 2.24) is 20.0 Å². The molecule has 3 aromatic rings. The zero-order valence-electron chi connectivity index (χ0n) is 13.2. The summed E-state index contributed by atoms with van der Waals surface area (Å²) in [4.78, 5) is 12.1. The molecule has 0 amide bonds. The lowest BCUT2D eigenvalue weighted by molar-refractivity contribution is 0.192. The Hall–Kier alpha value is -2.33. The number of hydrogen-bond acceptors (Lipinski definition) is 7. The maximum Gasteiger partial charge on any atom is 0.446 e. The first-order chi connectivity index (χ1) is 12.1. The summed E-state index contributed by atoms with van der Waals surface area (Å²) in [6, 6.07) is 4.12. The van der Waals surface area contributed by atoms with E-state index < -0.39 is 11.6 Å². The van der Waals surface area contributed by atoms with Crippen LogP contribution in [0.15, 0.2) is 36.6 Å². The van der Waals surface area contributed by atoms with E-state index in [1.54, 1.807) is 7.11 Å². The third-order valence-corrected chi connectivity index (χ3v) is 4.15. The summed E-state index contributed by atoms with van der Waals surface area (Å²) in [7, 11) is 1.64. The lowest BCUT2D eigenvalue weighted by atomic mass is 10.1. The first-order valence-corrected chi connectivity index (χ1v) is 8.26. The molecular weight excluding hydrogens is 399 g/mol. The molecule has 3 rings (SSSR count). The van der Waals surface area contributed by atoms with E-state index in [0.717, 1.165) is 12.8 Å². The zero-order chi connectivity index (χ0) is 17.8. The fourth-order valence-corrected chi connectivity index (χ4v) is 2.70. The maximum absolute atomic E-state index is 13.5. The predicted octanol–water partition coefficient (Wildman–Crippen LogP) is 2.75. The quantitative estimate of drug-likeness (QED) is 0.550. The largest absolute Gasteiger partial charge is 0.446 e. The Morgan fingerprint density at radius 2 is 2.12 bits per heavy atom. The van der Waals surface area contributed by atoms with Crippen molar-refractivity contribution in [2.75, 3.05) is 13.7 Å². The summed E-state index contributed by atoms with van der Waals surface area (Å²) in [5.74, 6) is -1.02. The molecule has 0 bridgehead atoms. The number of unbranched alkanes of at least 4 members (excludes halogenated alkanes) is 1. The molecule has 25 heavy (non-hydrogen) atoms. The monoisotopic (exact) mass is 412 g/mol. The molecule has 10 heteroatoms. The van der Waals surface area contributed by atoms with Crippen LogP contribution in [0.2, 0.25) is 0 Å². The van der Waals surface area contributed by atoms with Gasteiger partial charge in [-0.15, -0.1) is 0 Å². The van der Waals surface area contributed by atoms with Crippen LogP contribution in [0, 0.1) is 5.82 Å². The van der Waals surface area contributed by atoms with Crippen molar-refractivity contribution < 1.29 is 18.3 Å². The van der Waals surface area contributed by atoms with Crippen LogP contribution in [0.5, 0.6) is 0 Å². The number of aromatic nitrogens is 4. The molecule has 0 saturated carbocycles. The third kappa shape index (κ3) is 3.69. The van der Waals surface area contributed by atoms with E-state index in [4.69, 9.17) is 13.9 Å². The second kappa shape index (κ2) is 7.70. The first kappa shape index (κ1) is 17.5. The smallest absolute Gasteiger partial charge is 0.385 e. The van der Waals surface area contributed by atoms with Crippen LogP contribution in [-0.2, 0) is 11.2 Å². The van der Waals surface area contributed by atoms with E-state index in [0.29, 0.717) is 30.1 Å². The fourth-order valence-electron chi connectivity index (χ4n) is 2.33. The minimum atomic E-state index is -0.721. The van der Waals surface area contributed by atoms with Gasteiger partial charge in [-0.05, 0) is 58.5 Å². The summed E-state index contributed by atoms with van der Waals surface area (Å²) in [6.45, 7) is 0.638. The molecule has 0 aliphatic heterocycles. The van der Waals surface area contributed by atoms with Crippen LogP contribution in [0.4, 0.5) is 4.39 Å². The van der Waals surface area contributed by atoms with E-state index in [9.17, 15) is 9.18 Å². The number of methoxy groups -OCH3 is 1. The van der Waals surface area contributed by atoms with Gasteiger partial charge >= 0.3 is 5.76 Å². The Balaban J connectivity index is 1.96. The second-order valence-corrected chi connectivity index (χ2v) is 6.07. The minimum Gasteiger partial charge on any atom is -0.385 e. The van der Waals surface area contributed by atoms with Gasteiger partial charge in [-0.25, -0.2) is 18.4 Å². The highest BCUT2D eigenvalue weighted by Crippen LogP contribution is 2.24. The van der Waals surface area contributed by atoms with Gasteiger partial charge in [0.25, 0.3) is 0 Å². The van der Waals surface area contributed by atoms with Crippen LogP contribution >= 0.6 is 15.9 Å². The van der Waals surface area contributed by atoms with Gasteiger partial charge in [0.2, 0.25) is 5.82 Å². The molecule has 0 atom stereocenters. The van der Waals surface area contributed by atoms with Crippen LogP contribution in [0.3, 0.4) is 0 Å². The Morgan fingerprint density at radius 3 is 2.88 bits per heavy atom. The van der Waals surface area contributed by atoms with E-state index in [1.165, 1.54) is 22.8 Å². The average Bonchev–Trinajstić information content (AvgIpc) is 3.20. The van der Waals surface area contributed by atoms with Crippen LogP contribution in [0.1, 0.15) is 18.5 Å². The average molecular weight is 413 g/mol. The van der Waals surface area contributed by atoms with Crippen molar-refractivity contribution >= 4 is 15.9 Å². The van der Waals surface area contributed by atoms with E-state index in [1.807, 2.05) is 0 Å². The molecular formula is C15H14BrFN4O4. The number of nitrogens with zero attached hydrogens (tertiary/aromatic N) is 4. The third-order valence-electron chi connectivity index (χ3n) is 3.55. The first-order valence-electron chi connectivity index (χ1n) is 7.46. The summed E-state index contributed by atoms with van der Waals surface area (Å²) >= 11 is 3.09. The SMILES string of the molecule is COCCCCc1nonc1-c1noc(=O)n1-c1ccc(F)c(Br)c1. The molecule has 0 fully saturated rings.